The van der Waals surface area contributed by atoms with Crippen molar-refractivity contribution in [2.45, 2.75) is 76.0 Å². The summed E-state index contributed by atoms with van der Waals surface area (Å²) in [6, 6.07) is 4.01. The van der Waals surface area contributed by atoms with E-state index in [0.717, 1.165) is 31.5 Å². The van der Waals surface area contributed by atoms with Gasteiger partial charge in [-0.25, -0.2) is 0 Å². The van der Waals surface area contributed by atoms with Crippen LogP contribution in [0.2, 0.25) is 0 Å². The Morgan fingerprint density at radius 3 is 2.69 bits per heavy atom. The number of amides is 2. The Hall–Kier alpha value is -2.54. The van der Waals surface area contributed by atoms with Crippen LogP contribution in [0.25, 0.3) is 0 Å². The maximum Gasteiger partial charge on any atom is 0.243 e. The maximum absolute atomic E-state index is 14.1. The van der Waals surface area contributed by atoms with Crippen molar-refractivity contribution in [3.63, 3.8) is 0 Å². The zero-order valence-corrected chi connectivity index (χ0v) is 21.5. The predicted molar refractivity (Wildman–Crippen MR) is 131 cm³/mol. The normalized spacial score (nSPS) is 41.6. The third kappa shape index (κ3) is 2.16. The SMILES string of the molecule is C[C@H]1CCN2C[C@]34CC5(C(=O)Nc6c5ccc5c6OC=CC(C)(C)O5)C(C)(C)C3C[C@]12C(=O)N4C. The zero-order valence-electron chi connectivity index (χ0n) is 21.5. The van der Waals surface area contributed by atoms with Gasteiger partial charge in [0.05, 0.1) is 22.9 Å². The maximum atomic E-state index is 14.1. The molecule has 1 aromatic rings. The number of piperidine rings is 2. The highest BCUT2D eigenvalue weighted by Crippen LogP contribution is 2.72. The number of nitrogens with one attached hydrogen (secondary N) is 1. The minimum atomic E-state index is -0.750. The van der Waals surface area contributed by atoms with Gasteiger partial charge in [0.25, 0.3) is 0 Å². The van der Waals surface area contributed by atoms with E-state index in [4.69, 9.17) is 9.47 Å². The number of hydrogen-bond acceptors (Lipinski definition) is 5. The van der Waals surface area contributed by atoms with Crippen molar-refractivity contribution in [1.82, 2.24) is 9.80 Å². The molecule has 1 aliphatic carbocycles. The lowest BCUT2D eigenvalue weighted by atomic mass is 9.56. The molecule has 7 aliphatic rings. The smallest absolute Gasteiger partial charge is 0.243 e. The van der Waals surface area contributed by atoms with Crippen molar-refractivity contribution >= 4 is 17.5 Å². The van der Waals surface area contributed by atoms with Crippen LogP contribution in [-0.4, -0.2) is 58.4 Å². The molecule has 5 fully saturated rings. The van der Waals surface area contributed by atoms with Crippen LogP contribution in [-0.2, 0) is 15.0 Å². The van der Waals surface area contributed by atoms with E-state index in [2.05, 4.69) is 42.0 Å². The van der Waals surface area contributed by atoms with Crippen molar-refractivity contribution in [3.8, 4) is 11.5 Å². The van der Waals surface area contributed by atoms with Crippen molar-refractivity contribution < 1.29 is 19.1 Å². The molecule has 1 aromatic carbocycles. The lowest BCUT2D eigenvalue weighted by Gasteiger charge is -2.65. The second kappa shape index (κ2) is 6.05. The van der Waals surface area contributed by atoms with Crippen LogP contribution in [0.4, 0.5) is 5.69 Å². The third-order valence-electron chi connectivity index (χ3n) is 11.0. The Balaban J connectivity index is 1.41. The van der Waals surface area contributed by atoms with Crippen LogP contribution in [0.5, 0.6) is 11.5 Å². The number of hydrogen-bond donors (Lipinski definition) is 1. The fourth-order valence-corrected chi connectivity index (χ4v) is 9.05. The highest BCUT2D eigenvalue weighted by atomic mass is 16.5. The quantitative estimate of drug-likeness (QED) is 0.617. The average Bonchev–Trinajstić information content (AvgIpc) is 3.29. The van der Waals surface area contributed by atoms with Gasteiger partial charge in [-0.1, -0.05) is 26.8 Å². The van der Waals surface area contributed by atoms with E-state index in [-0.39, 0.29) is 28.7 Å². The highest BCUT2D eigenvalue weighted by molar-refractivity contribution is 6.09. The summed E-state index contributed by atoms with van der Waals surface area (Å²) in [6.07, 6.45) is 6.05. The second-order valence-electron chi connectivity index (χ2n) is 13.0. The summed E-state index contributed by atoms with van der Waals surface area (Å²) in [7, 11) is 1.99. The Morgan fingerprint density at radius 2 is 1.91 bits per heavy atom. The Labute approximate surface area is 206 Å². The number of ether oxygens (including phenoxy) is 2. The number of likely N-dealkylation sites (N-methyl/N-ethyl adjacent to an activating group) is 1. The molecular formula is C28H35N3O4. The number of piperazine rings is 1. The molecule has 0 radical (unpaired) electrons. The molecule has 6 aliphatic heterocycles. The molecule has 0 aromatic heterocycles. The van der Waals surface area contributed by atoms with Gasteiger partial charge >= 0.3 is 0 Å². The number of benzene rings is 1. The van der Waals surface area contributed by atoms with Crippen LogP contribution >= 0.6 is 0 Å². The molecule has 1 N–H and O–H groups in total. The van der Waals surface area contributed by atoms with Crippen LogP contribution in [0.15, 0.2) is 24.5 Å². The van der Waals surface area contributed by atoms with Crippen LogP contribution in [0, 0.1) is 17.3 Å². The van der Waals surface area contributed by atoms with E-state index >= 15 is 0 Å². The van der Waals surface area contributed by atoms with Crippen LogP contribution in [0.3, 0.4) is 0 Å². The lowest BCUT2D eigenvalue weighted by molar-refractivity contribution is -0.189. The molecular weight excluding hydrogens is 442 g/mol. The molecule has 2 amide bonds. The number of carbonyl (C=O) groups is 2. The summed E-state index contributed by atoms with van der Waals surface area (Å²) in [5.74, 6) is 2.01. The first-order valence-corrected chi connectivity index (χ1v) is 13.0. The van der Waals surface area contributed by atoms with Crippen LogP contribution in [0.1, 0.15) is 59.4 Å². The topological polar surface area (TPSA) is 71.1 Å². The molecule has 7 heteroatoms. The zero-order chi connectivity index (χ0) is 24.8. The van der Waals surface area contributed by atoms with Gasteiger partial charge in [-0.05, 0) is 74.6 Å². The van der Waals surface area contributed by atoms with Gasteiger partial charge in [-0.15, -0.1) is 0 Å². The summed E-state index contributed by atoms with van der Waals surface area (Å²) in [6.45, 7) is 12.5. The van der Waals surface area contributed by atoms with E-state index in [9.17, 15) is 9.59 Å². The Morgan fingerprint density at radius 1 is 1.14 bits per heavy atom. The first-order chi connectivity index (χ1) is 16.4. The minimum absolute atomic E-state index is 0.0146. The average molecular weight is 478 g/mol. The number of rotatable bonds is 0. The van der Waals surface area contributed by atoms with Crippen molar-refractivity contribution in [2.24, 2.45) is 17.3 Å². The summed E-state index contributed by atoms with van der Waals surface area (Å²) in [4.78, 5) is 32.6. The van der Waals surface area contributed by atoms with E-state index in [1.54, 1.807) is 6.26 Å². The molecule has 35 heavy (non-hydrogen) atoms. The molecule has 3 spiro atoms. The fourth-order valence-electron chi connectivity index (χ4n) is 9.05. The largest absolute Gasteiger partial charge is 0.480 e. The second-order valence-corrected chi connectivity index (χ2v) is 13.0. The van der Waals surface area contributed by atoms with Gasteiger partial charge in [0, 0.05) is 13.6 Å². The first-order valence-electron chi connectivity index (χ1n) is 13.0. The standard InChI is InChI=1S/C28H35N3O4/c1-16-9-11-31-15-26-14-27(25(4,5)19(26)13-28(16,31)23(33)30(26)6)17-7-8-18-21(20(17)29-22(27)32)34-12-10-24(2,3)35-18/h7-8,10,12,16,19H,9,11,13-15H2,1-6H3,(H,29,32)/t16-,19?,26+,27?,28+/m0/s1. The molecule has 5 atom stereocenters. The minimum Gasteiger partial charge on any atom is -0.480 e. The summed E-state index contributed by atoms with van der Waals surface area (Å²) in [5.41, 5.74) is -0.714. The first kappa shape index (κ1) is 21.7. The van der Waals surface area contributed by atoms with E-state index in [0.29, 0.717) is 29.5 Å². The van der Waals surface area contributed by atoms with E-state index in [1.807, 2.05) is 33.0 Å². The van der Waals surface area contributed by atoms with Gasteiger partial charge in [-0.2, -0.15) is 0 Å². The molecule has 2 unspecified atom stereocenters. The Kier molecular flexibility index (Phi) is 3.75. The predicted octanol–water partition coefficient (Wildman–Crippen LogP) is 3.68. The van der Waals surface area contributed by atoms with Crippen LogP contribution < -0.4 is 14.8 Å². The van der Waals surface area contributed by atoms with Crippen molar-refractivity contribution in [2.75, 3.05) is 25.5 Å². The lowest BCUT2D eigenvalue weighted by Crippen LogP contribution is -2.79. The van der Waals surface area contributed by atoms with Crippen molar-refractivity contribution in [1.29, 1.82) is 0 Å². The number of anilines is 1. The van der Waals surface area contributed by atoms with Gasteiger partial charge in [0.15, 0.2) is 11.5 Å². The molecule has 2 bridgehead atoms. The van der Waals surface area contributed by atoms with Gasteiger partial charge < -0.3 is 19.7 Å². The number of fused-ring (bicyclic) bond motifs is 5. The molecule has 6 heterocycles. The number of carbonyl (C=O) groups excluding carboxylic acids is 2. The van der Waals surface area contributed by atoms with Crippen molar-refractivity contribution in [3.05, 3.63) is 30.0 Å². The van der Waals surface area contributed by atoms with Gasteiger partial charge in [-0.3, -0.25) is 14.5 Å². The molecule has 4 saturated heterocycles. The fraction of sp³-hybridized carbons (Fsp3) is 0.643. The Bertz CT molecular complexity index is 1240. The van der Waals surface area contributed by atoms with Gasteiger partial charge in [0.1, 0.15) is 11.1 Å². The summed E-state index contributed by atoms with van der Waals surface area (Å²) >= 11 is 0. The van der Waals surface area contributed by atoms with Gasteiger partial charge in [0.2, 0.25) is 11.8 Å². The molecule has 7 nitrogen and oxygen atoms in total. The summed E-state index contributed by atoms with van der Waals surface area (Å²) in [5, 5.41) is 3.22. The monoisotopic (exact) mass is 477 g/mol. The number of nitrogens with zero attached hydrogens (tertiary/aromatic N) is 2. The van der Waals surface area contributed by atoms with E-state index in [1.165, 1.54) is 0 Å². The molecule has 8 rings (SSSR count). The summed E-state index contributed by atoms with van der Waals surface area (Å²) < 4.78 is 12.3. The third-order valence-corrected chi connectivity index (χ3v) is 11.0. The molecule has 186 valence electrons. The molecule has 1 saturated carbocycles. The highest BCUT2D eigenvalue weighted by Gasteiger charge is 2.80. The van der Waals surface area contributed by atoms with E-state index < -0.39 is 16.6 Å².